The topological polar surface area (TPSA) is 142 Å². The zero-order valence-corrected chi connectivity index (χ0v) is 24.8. The fourth-order valence-corrected chi connectivity index (χ4v) is 4.30. The van der Waals surface area contributed by atoms with Gasteiger partial charge in [0, 0.05) is 49.0 Å². The molecule has 0 radical (unpaired) electrons. The Balaban J connectivity index is 1.54. The number of hydrogen-bond donors (Lipinski definition) is 4. The Morgan fingerprint density at radius 3 is 1.20 bits per heavy atom. The van der Waals surface area contributed by atoms with Gasteiger partial charge in [0.15, 0.2) is 0 Å². The van der Waals surface area contributed by atoms with Crippen molar-refractivity contribution in [2.24, 2.45) is 11.8 Å². The van der Waals surface area contributed by atoms with Crippen molar-refractivity contribution in [2.75, 3.05) is 13.1 Å². The molecule has 41 heavy (non-hydrogen) atoms. The number of pyridine rings is 2. The summed E-state index contributed by atoms with van der Waals surface area (Å²) >= 11 is 0. The van der Waals surface area contributed by atoms with Gasteiger partial charge in [-0.05, 0) is 48.9 Å². The number of aromatic nitrogens is 2. The van der Waals surface area contributed by atoms with E-state index in [1.54, 1.807) is 49.1 Å². The smallest absolute Gasteiger partial charge is 0.252 e. The number of nitrogens with one attached hydrogen (secondary N) is 4. The van der Waals surface area contributed by atoms with Crippen molar-refractivity contribution in [1.82, 2.24) is 31.2 Å². The lowest BCUT2D eigenvalue weighted by molar-refractivity contribution is -0.124. The first kappa shape index (κ1) is 33.4. The molecule has 0 spiro atoms. The van der Waals surface area contributed by atoms with Gasteiger partial charge >= 0.3 is 0 Å². The Labute approximate surface area is 243 Å². The third-order valence-electron chi connectivity index (χ3n) is 6.81. The summed E-state index contributed by atoms with van der Waals surface area (Å²) in [4.78, 5) is 58.0. The van der Waals surface area contributed by atoms with E-state index in [1.165, 1.54) is 0 Å². The van der Waals surface area contributed by atoms with E-state index in [4.69, 9.17) is 0 Å². The summed E-state index contributed by atoms with van der Waals surface area (Å²) in [5.41, 5.74) is 0.956. The van der Waals surface area contributed by atoms with Crippen LogP contribution in [0.25, 0.3) is 0 Å². The summed E-state index contributed by atoms with van der Waals surface area (Å²) in [6.45, 7) is 8.79. The molecule has 0 saturated heterocycles. The molecule has 2 atom stereocenters. The van der Waals surface area contributed by atoms with Gasteiger partial charge in [-0.25, -0.2) is 0 Å². The van der Waals surface area contributed by atoms with E-state index in [0.717, 1.165) is 44.9 Å². The molecule has 0 saturated carbocycles. The summed E-state index contributed by atoms with van der Waals surface area (Å²) in [5, 5.41) is 11.6. The maximum atomic E-state index is 12.6. The molecule has 0 fully saturated rings. The maximum absolute atomic E-state index is 12.6. The molecule has 0 aliphatic carbocycles. The zero-order valence-electron chi connectivity index (χ0n) is 24.8. The van der Waals surface area contributed by atoms with Gasteiger partial charge in [0.25, 0.3) is 11.8 Å². The predicted molar refractivity (Wildman–Crippen MR) is 159 cm³/mol. The van der Waals surface area contributed by atoms with Gasteiger partial charge in [-0.3, -0.25) is 29.1 Å². The molecule has 0 aliphatic heterocycles. The molecule has 4 amide bonds. The highest BCUT2D eigenvalue weighted by Gasteiger charge is 2.25. The van der Waals surface area contributed by atoms with Gasteiger partial charge in [-0.15, -0.1) is 0 Å². The van der Waals surface area contributed by atoms with Crippen molar-refractivity contribution in [3.8, 4) is 0 Å². The van der Waals surface area contributed by atoms with E-state index in [-0.39, 0.29) is 35.5 Å². The van der Waals surface area contributed by atoms with E-state index >= 15 is 0 Å². The van der Waals surface area contributed by atoms with Gasteiger partial charge in [-0.2, -0.15) is 0 Å². The van der Waals surface area contributed by atoms with Crippen molar-refractivity contribution in [2.45, 2.75) is 84.7 Å². The Morgan fingerprint density at radius 1 is 0.561 bits per heavy atom. The van der Waals surface area contributed by atoms with Crippen molar-refractivity contribution >= 4 is 23.6 Å². The molecule has 4 N–H and O–H groups in total. The second kappa shape index (κ2) is 18.5. The van der Waals surface area contributed by atoms with Crippen LogP contribution >= 0.6 is 0 Å². The molecule has 0 unspecified atom stereocenters. The Hall–Kier alpha value is -3.82. The maximum Gasteiger partial charge on any atom is 0.252 e. The number of carbonyl (C=O) groups excluding carboxylic acids is 4. The van der Waals surface area contributed by atoms with E-state index in [1.807, 2.05) is 27.7 Å². The SMILES string of the molecule is CC(C)[C@H](NC(=O)c1ccncc1)C(=O)NCCCCCCCCCNC(=O)[C@@H](NC(=O)c1ccncc1)C(C)C. The third-order valence-corrected chi connectivity index (χ3v) is 6.81. The fourth-order valence-electron chi connectivity index (χ4n) is 4.30. The highest BCUT2D eigenvalue weighted by molar-refractivity contribution is 5.98. The van der Waals surface area contributed by atoms with Gasteiger partial charge in [-0.1, -0.05) is 59.8 Å². The average Bonchev–Trinajstić information content (AvgIpc) is 2.97. The largest absolute Gasteiger partial charge is 0.354 e. The molecule has 2 aromatic heterocycles. The lowest BCUT2D eigenvalue weighted by Gasteiger charge is -2.22. The van der Waals surface area contributed by atoms with Crippen molar-refractivity contribution in [1.29, 1.82) is 0 Å². The summed E-state index contributed by atoms with van der Waals surface area (Å²) in [5.74, 6) is -0.968. The quantitative estimate of drug-likeness (QED) is 0.203. The van der Waals surface area contributed by atoms with Crippen molar-refractivity contribution in [3.05, 3.63) is 60.2 Å². The molecular weight excluding hydrogens is 520 g/mol. The van der Waals surface area contributed by atoms with Crippen LogP contribution in [0.5, 0.6) is 0 Å². The van der Waals surface area contributed by atoms with E-state index < -0.39 is 12.1 Å². The van der Waals surface area contributed by atoms with Gasteiger partial charge in [0.2, 0.25) is 11.8 Å². The first-order valence-electron chi connectivity index (χ1n) is 14.7. The minimum Gasteiger partial charge on any atom is -0.354 e. The van der Waals surface area contributed by atoms with Crippen LogP contribution in [0.4, 0.5) is 0 Å². The third kappa shape index (κ3) is 12.5. The molecule has 224 valence electrons. The summed E-state index contributed by atoms with van der Waals surface area (Å²) < 4.78 is 0. The van der Waals surface area contributed by atoms with E-state index in [2.05, 4.69) is 31.2 Å². The number of rotatable bonds is 18. The van der Waals surface area contributed by atoms with E-state index in [0.29, 0.717) is 24.2 Å². The molecule has 2 rings (SSSR count). The number of amides is 4. The molecule has 10 nitrogen and oxygen atoms in total. The Morgan fingerprint density at radius 2 is 0.878 bits per heavy atom. The van der Waals surface area contributed by atoms with Crippen LogP contribution in [-0.2, 0) is 9.59 Å². The van der Waals surface area contributed by atoms with Gasteiger partial charge in [0.1, 0.15) is 12.1 Å². The van der Waals surface area contributed by atoms with Crippen LogP contribution in [-0.4, -0.2) is 58.8 Å². The molecule has 2 heterocycles. The average molecular weight is 567 g/mol. The van der Waals surface area contributed by atoms with Crippen LogP contribution in [0.1, 0.15) is 93.4 Å². The minimum absolute atomic E-state index is 0.0346. The first-order chi connectivity index (χ1) is 19.7. The van der Waals surface area contributed by atoms with Crippen LogP contribution in [0.15, 0.2) is 49.1 Å². The standard InChI is InChI=1S/C31H46N6O4/c1-22(2)26(36-28(38)24-12-18-32-19-13-24)30(40)34-16-10-8-6-5-7-9-11-17-35-31(41)27(23(3)4)37-29(39)25-14-20-33-21-15-25/h12-15,18-23,26-27H,5-11,16-17H2,1-4H3,(H,34,40)(H,35,41)(H,36,38)(H,37,39)/t26-,27-/m0/s1. The van der Waals surface area contributed by atoms with Crippen molar-refractivity contribution in [3.63, 3.8) is 0 Å². The second-order valence-electron chi connectivity index (χ2n) is 10.9. The van der Waals surface area contributed by atoms with E-state index in [9.17, 15) is 19.2 Å². The van der Waals surface area contributed by atoms with Gasteiger partial charge in [0.05, 0.1) is 0 Å². The van der Waals surface area contributed by atoms with Crippen LogP contribution in [0, 0.1) is 11.8 Å². The zero-order chi connectivity index (χ0) is 30.0. The molecule has 0 aromatic carbocycles. The number of hydrogen-bond acceptors (Lipinski definition) is 6. The second-order valence-corrected chi connectivity index (χ2v) is 10.9. The lowest BCUT2D eigenvalue weighted by atomic mass is 10.0. The van der Waals surface area contributed by atoms with Crippen LogP contribution in [0.3, 0.4) is 0 Å². The van der Waals surface area contributed by atoms with Gasteiger partial charge < -0.3 is 21.3 Å². The Bertz CT molecular complexity index is 993. The summed E-state index contributed by atoms with van der Waals surface area (Å²) in [6.07, 6.45) is 13.2. The van der Waals surface area contributed by atoms with Crippen LogP contribution in [0.2, 0.25) is 0 Å². The number of nitrogens with zero attached hydrogens (tertiary/aromatic N) is 2. The molecule has 10 heteroatoms. The summed E-state index contributed by atoms with van der Waals surface area (Å²) in [7, 11) is 0. The molecule has 2 aromatic rings. The normalized spacial score (nSPS) is 12.4. The monoisotopic (exact) mass is 566 g/mol. The molecular formula is C31H46N6O4. The molecule has 0 aliphatic rings. The van der Waals surface area contributed by atoms with Crippen LogP contribution < -0.4 is 21.3 Å². The minimum atomic E-state index is -0.593. The highest BCUT2D eigenvalue weighted by atomic mass is 16.2. The number of carbonyl (C=O) groups is 4. The molecule has 0 bridgehead atoms. The predicted octanol–water partition coefficient (Wildman–Crippen LogP) is 3.65. The Kier molecular flexibility index (Phi) is 15.1. The summed E-state index contributed by atoms with van der Waals surface area (Å²) in [6, 6.07) is 5.30. The van der Waals surface area contributed by atoms with Crippen molar-refractivity contribution < 1.29 is 19.2 Å². The lowest BCUT2D eigenvalue weighted by Crippen LogP contribution is -2.49. The number of unbranched alkanes of at least 4 members (excludes halogenated alkanes) is 6. The fraction of sp³-hybridized carbons (Fsp3) is 0.548. The highest BCUT2D eigenvalue weighted by Crippen LogP contribution is 2.09. The first-order valence-corrected chi connectivity index (χ1v) is 14.7.